The molecule has 0 aromatic heterocycles. The van der Waals surface area contributed by atoms with Crippen LogP contribution in [0.15, 0.2) is 0 Å². The van der Waals surface area contributed by atoms with Gasteiger partial charge >= 0.3 is 5.97 Å². The number of carbonyl (C=O) groups is 5. The van der Waals surface area contributed by atoms with Crippen LogP contribution in [0.25, 0.3) is 0 Å². The van der Waals surface area contributed by atoms with Crippen LogP contribution < -0.4 is 33.2 Å². The van der Waals surface area contributed by atoms with E-state index < -0.39 is 53.8 Å². The maximum Gasteiger partial charge on any atom is 0.326 e. The highest BCUT2D eigenvalue weighted by Crippen LogP contribution is 2.08. The van der Waals surface area contributed by atoms with E-state index in [1.165, 1.54) is 11.8 Å². The van der Waals surface area contributed by atoms with E-state index in [9.17, 15) is 29.1 Å². The first kappa shape index (κ1) is 32.6. The van der Waals surface area contributed by atoms with Gasteiger partial charge in [-0.3, -0.25) is 19.2 Å². The molecule has 0 heterocycles. The molecule has 0 rings (SSSR count). The Bertz CT molecular complexity index is 708. The van der Waals surface area contributed by atoms with Crippen LogP contribution >= 0.6 is 11.8 Å². The first-order valence-electron chi connectivity index (χ1n) is 11.8. The number of unbranched alkanes of at least 4 members (excludes halogenated alkanes) is 1. The van der Waals surface area contributed by atoms with Crippen LogP contribution in [0.1, 0.15) is 58.8 Å². The van der Waals surface area contributed by atoms with Crippen LogP contribution in [0.4, 0.5) is 0 Å². The van der Waals surface area contributed by atoms with Gasteiger partial charge in [0.1, 0.15) is 18.1 Å². The lowest BCUT2D eigenvalue weighted by atomic mass is 10.0. The zero-order valence-electron chi connectivity index (χ0n) is 20.9. The molecule has 0 saturated carbocycles. The molecule has 202 valence electrons. The zero-order valence-corrected chi connectivity index (χ0v) is 21.7. The third-order valence-electron chi connectivity index (χ3n) is 5.18. The summed E-state index contributed by atoms with van der Waals surface area (Å²) in [7, 11) is 0. The first-order valence-corrected chi connectivity index (χ1v) is 13.2. The molecule has 0 radical (unpaired) electrons. The maximum absolute atomic E-state index is 13.1. The van der Waals surface area contributed by atoms with E-state index in [-0.39, 0.29) is 31.6 Å². The van der Waals surface area contributed by atoms with Crippen LogP contribution in [0.3, 0.4) is 0 Å². The minimum absolute atomic E-state index is 0.127. The summed E-state index contributed by atoms with van der Waals surface area (Å²) < 4.78 is 0. The largest absolute Gasteiger partial charge is 0.480 e. The number of amides is 4. The number of hydrogen-bond donors (Lipinski definition) is 7. The second-order valence-electron chi connectivity index (χ2n) is 8.83. The molecule has 0 aliphatic heterocycles. The molecule has 35 heavy (non-hydrogen) atoms. The van der Waals surface area contributed by atoms with E-state index in [4.69, 9.17) is 17.2 Å². The van der Waals surface area contributed by atoms with Crippen LogP contribution in [-0.4, -0.2) is 77.4 Å². The number of carboxylic acids is 1. The molecular formula is C22H42N6O6S. The normalized spacial score (nSPS) is 14.5. The highest BCUT2D eigenvalue weighted by molar-refractivity contribution is 7.98. The number of hydrogen-bond acceptors (Lipinski definition) is 8. The smallest absolute Gasteiger partial charge is 0.326 e. The van der Waals surface area contributed by atoms with Gasteiger partial charge < -0.3 is 38.3 Å². The lowest BCUT2D eigenvalue weighted by Gasteiger charge is -2.25. The lowest BCUT2D eigenvalue weighted by Crippen LogP contribution is -2.57. The number of nitrogens with two attached hydrogens (primary N) is 3. The molecule has 4 amide bonds. The summed E-state index contributed by atoms with van der Waals surface area (Å²) in [5, 5.41) is 17.0. The Balaban J connectivity index is 5.53. The van der Waals surface area contributed by atoms with Crippen molar-refractivity contribution < 1.29 is 29.1 Å². The first-order chi connectivity index (χ1) is 16.4. The quantitative estimate of drug-likeness (QED) is 0.105. The summed E-state index contributed by atoms with van der Waals surface area (Å²) in [5.41, 5.74) is 16.7. The van der Waals surface area contributed by atoms with Crippen molar-refractivity contribution in [1.29, 1.82) is 0 Å². The van der Waals surface area contributed by atoms with Gasteiger partial charge in [0.15, 0.2) is 0 Å². The Hall–Kier alpha value is -2.38. The molecule has 0 saturated heterocycles. The highest BCUT2D eigenvalue weighted by Gasteiger charge is 2.30. The predicted octanol–water partition coefficient (Wildman–Crippen LogP) is -0.954. The van der Waals surface area contributed by atoms with Gasteiger partial charge in [0, 0.05) is 6.42 Å². The van der Waals surface area contributed by atoms with Crippen LogP contribution in [0.5, 0.6) is 0 Å². The van der Waals surface area contributed by atoms with Gasteiger partial charge in [-0.15, -0.1) is 0 Å². The standard InChI is InChI=1S/C22H42N6O6S/c1-13(2)12-14(24)19(30)26-15(6-4-5-10-23)20(31)27-16(7-8-18(25)29)21(32)28-17(22(33)34)9-11-35-3/h13-17H,4-12,23-24H2,1-3H3,(H2,25,29)(H,26,30)(H,27,31)(H,28,32)(H,33,34). The van der Waals surface area contributed by atoms with Crippen molar-refractivity contribution in [2.24, 2.45) is 23.1 Å². The Labute approximate surface area is 211 Å². The molecule has 13 heteroatoms. The van der Waals surface area contributed by atoms with Crippen molar-refractivity contribution in [3.8, 4) is 0 Å². The number of carboxylic acid groups (broad SMARTS) is 1. The van der Waals surface area contributed by atoms with Crippen LogP contribution in [-0.2, 0) is 24.0 Å². The van der Waals surface area contributed by atoms with Gasteiger partial charge in [-0.25, -0.2) is 4.79 Å². The summed E-state index contributed by atoms with van der Waals surface area (Å²) in [6, 6.07) is -4.16. The van der Waals surface area contributed by atoms with Crippen LogP contribution in [0.2, 0.25) is 0 Å². The molecule has 0 bridgehead atoms. The fraction of sp³-hybridized carbons (Fsp3) is 0.773. The predicted molar refractivity (Wildman–Crippen MR) is 135 cm³/mol. The van der Waals surface area contributed by atoms with Crippen molar-refractivity contribution in [1.82, 2.24) is 16.0 Å². The van der Waals surface area contributed by atoms with Crippen LogP contribution in [0, 0.1) is 5.92 Å². The zero-order chi connectivity index (χ0) is 27.0. The molecule has 10 N–H and O–H groups in total. The number of aliphatic carboxylic acids is 1. The molecule has 0 aromatic carbocycles. The molecule has 12 nitrogen and oxygen atoms in total. The Kier molecular flexibility index (Phi) is 16.7. The fourth-order valence-corrected chi connectivity index (χ4v) is 3.72. The van der Waals surface area contributed by atoms with Gasteiger partial charge in [0.2, 0.25) is 23.6 Å². The van der Waals surface area contributed by atoms with Gasteiger partial charge in [-0.2, -0.15) is 11.8 Å². The van der Waals surface area contributed by atoms with Crippen molar-refractivity contribution >= 4 is 41.4 Å². The number of primary amides is 1. The van der Waals surface area contributed by atoms with E-state index >= 15 is 0 Å². The number of nitrogens with one attached hydrogen (secondary N) is 3. The summed E-state index contributed by atoms with van der Waals surface area (Å²) >= 11 is 1.43. The fourth-order valence-electron chi connectivity index (χ4n) is 3.25. The SMILES string of the molecule is CSCCC(NC(=O)C(CCC(N)=O)NC(=O)C(CCCCN)NC(=O)C(N)CC(C)C)C(=O)O. The second kappa shape index (κ2) is 18.0. The third kappa shape index (κ3) is 14.6. The topological polar surface area (TPSA) is 220 Å². The van der Waals surface area contributed by atoms with E-state index in [0.717, 1.165) is 0 Å². The van der Waals surface area contributed by atoms with Gasteiger partial charge in [-0.1, -0.05) is 13.8 Å². The third-order valence-corrected chi connectivity index (χ3v) is 5.82. The summed E-state index contributed by atoms with van der Waals surface area (Å²) in [5.74, 6) is -3.10. The molecular weight excluding hydrogens is 476 g/mol. The minimum atomic E-state index is -1.22. The molecule has 0 aromatic rings. The molecule has 0 aliphatic carbocycles. The number of rotatable bonds is 19. The van der Waals surface area contributed by atoms with E-state index in [1.807, 2.05) is 20.1 Å². The average Bonchev–Trinajstić information content (AvgIpc) is 2.77. The van der Waals surface area contributed by atoms with Crippen molar-refractivity contribution in [3.05, 3.63) is 0 Å². The molecule has 0 fully saturated rings. The number of thioether (sulfide) groups is 1. The van der Waals surface area contributed by atoms with E-state index in [1.54, 1.807) is 0 Å². The Morgan fingerprint density at radius 1 is 0.857 bits per heavy atom. The van der Waals surface area contributed by atoms with E-state index in [2.05, 4.69) is 16.0 Å². The summed E-state index contributed by atoms with van der Waals surface area (Å²) in [6.45, 7) is 4.25. The Morgan fingerprint density at radius 3 is 1.89 bits per heavy atom. The van der Waals surface area contributed by atoms with Gasteiger partial charge in [0.25, 0.3) is 0 Å². The van der Waals surface area contributed by atoms with E-state index in [0.29, 0.717) is 31.6 Å². The Morgan fingerprint density at radius 2 is 1.40 bits per heavy atom. The molecule has 4 atom stereocenters. The van der Waals surface area contributed by atoms with Crippen molar-refractivity contribution in [2.45, 2.75) is 83.0 Å². The highest BCUT2D eigenvalue weighted by atomic mass is 32.2. The lowest BCUT2D eigenvalue weighted by molar-refractivity contribution is -0.142. The maximum atomic E-state index is 13.1. The monoisotopic (exact) mass is 518 g/mol. The summed E-state index contributed by atoms with van der Waals surface area (Å²) in [4.78, 5) is 61.2. The van der Waals surface area contributed by atoms with Crippen molar-refractivity contribution in [2.75, 3.05) is 18.6 Å². The van der Waals surface area contributed by atoms with Gasteiger partial charge in [-0.05, 0) is 63.0 Å². The molecule has 0 aliphatic rings. The molecule has 0 spiro atoms. The molecule has 4 unspecified atom stereocenters. The average molecular weight is 519 g/mol. The van der Waals surface area contributed by atoms with Gasteiger partial charge in [0.05, 0.1) is 6.04 Å². The number of carbonyl (C=O) groups excluding carboxylic acids is 4. The van der Waals surface area contributed by atoms with Crippen molar-refractivity contribution in [3.63, 3.8) is 0 Å². The minimum Gasteiger partial charge on any atom is -0.480 e. The summed E-state index contributed by atoms with van der Waals surface area (Å²) in [6.07, 6.45) is 3.52. The second-order valence-corrected chi connectivity index (χ2v) is 9.81.